The van der Waals surface area contributed by atoms with Crippen LogP contribution in [0.15, 0.2) is 65.4 Å². The Labute approximate surface area is 165 Å². The number of amides is 1. The summed E-state index contributed by atoms with van der Waals surface area (Å²) in [7, 11) is 0. The van der Waals surface area contributed by atoms with E-state index in [4.69, 9.17) is 16.3 Å². The molecule has 0 aliphatic heterocycles. The Morgan fingerprint density at radius 3 is 2.85 bits per heavy atom. The van der Waals surface area contributed by atoms with Crippen LogP contribution in [0.4, 0.5) is 0 Å². The highest BCUT2D eigenvalue weighted by molar-refractivity contribution is 9.10. The highest BCUT2D eigenvalue weighted by Gasteiger charge is 2.07. The lowest BCUT2D eigenvalue weighted by Gasteiger charge is -2.09. The molecule has 0 aliphatic rings. The molecule has 3 rings (SSSR count). The summed E-state index contributed by atoms with van der Waals surface area (Å²) >= 11 is 9.23. The van der Waals surface area contributed by atoms with Crippen LogP contribution in [0.25, 0.3) is 0 Å². The highest BCUT2D eigenvalue weighted by Crippen LogP contribution is 2.19. The van der Waals surface area contributed by atoms with E-state index in [-0.39, 0.29) is 5.91 Å². The quantitative estimate of drug-likeness (QED) is 0.603. The first-order valence-corrected chi connectivity index (χ1v) is 9.21. The Morgan fingerprint density at radius 2 is 2.08 bits per heavy atom. The molecule has 0 saturated heterocycles. The van der Waals surface area contributed by atoms with Gasteiger partial charge in [0, 0.05) is 22.8 Å². The predicted octanol–water partition coefficient (Wildman–Crippen LogP) is 4.31. The molecule has 7 heteroatoms. The molecule has 5 nitrogen and oxygen atoms in total. The number of hydrogen-bond donors (Lipinski definition) is 1. The van der Waals surface area contributed by atoms with Crippen LogP contribution in [-0.4, -0.2) is 22.2 Å². The zero-order chi connectivity index (χ0) is 18.4. The van der Waals surface area contributed by atoms with Crippen LogP contribution >= 0.6 is 27.5 Å². The maximum absolute atomic E-state index is 12.3. The van der Waals surface area contributed by atoms with E-state index in [1.165, 1.54) is 0 Å². The van der Waals surface area contributed by atoms with Crippen molar-refractivity contribution in [3.8, 4) is 5.75 Å². The predicted molar refractivity (Wildman–Crippen MR) is 104 cm³/mol. The second kappa shape index (κ2) is 8.87. The van der Waals surface area contributed by atoms with E-state index in [9.17, 15) is 4.79 Å². The molecular weight excluding hydrogens is 418 g/mol. The second-order valence-corrected chi connectivity index (χ2v) is 6.98. The Morgan fingerprint density at radius 1 is 1.23 bits per heavy atom. The van der Waals surface area contributed by atoms with Crippen molar-refractivity contribution < 1.29 is 9.53 Å². The van der Waals surface area contributed by atoms with Gasteiger partial charge in [-0.25, -0.2) is 0 Å². The number of hydrogen-bond acceptors (Lipinski definition) is 3. The van der Waals surface area contributed by atoms with Crippen LogP contribution in [-0.2, 0) is 13.2 Å². The summed E-state index contributed by atoms with van der Waals surface area (Å²) in [6, 6.07) is 15.0. The SMILES string of the molecule is O=C(NCCn1cc(Cl)cn1)c1cccc(COc2cccc(Br)c2)c1. The first-order chi connectivity index (χ1) is 12.6. The maximum atomic E-state index is 12.3. The number of carbonyl (C=O) groups is 1. The number of benzene rings is 2. The van der Waals surface area contributed by atoms with Crippen molar-refractivity contribution in [2.45, 2.75) is 13.2 Å². The maximum Gasteiger partial charge on any atom is 0.251 e. The van der Waals surface area contributed by atoms with E-state index in [0.29, 0.717) is 30.3 Å². The van der Waals surface area contributed by atoms with Crippen molar-refractivity contribution in [2.75, 3.05) is 6.54 Å². The Balaban J connectivity index is 1.53. The molecule has 1 N–H and O–H groups in total. The highest BCUT2D eigenvalue weighted by atomic mass is 79.9. The first-order valence-electron chi connectivity index (χ1n) is 8.03. The lowest BCUT2D eigenvalue weighted by atomic mass is 10.1. The second-order valence-electron chi connectivity index (χ2n) is 5.62. The van der Waals surface area contributed by atoms with Crippen molar-refractivity contribution in [3.63, 3.8) is 0 Å². The molecule has 1 amide bonds. The largest absolute Gasteiger partial charge is 0.489 e. The van der Waals surface area contributed by atoms with Crippen LogP contribution in [0.1, 0.15) is 15.9 Å². The fourth-order valence-corrected chi connectivity index (χ4v) is 2.91. The number of rotatable bonds is 7. The van der Waals surface area contributed by atoms with Crippen molar-refractivity contribution in [1.82, 2.24) is 15.1 Å². The molecule has 0 aliphatic carbocycles. The van der Waals surface area contributed by atoms with E-state index < -0.39 is 0 Å². The van der Waals surface area contributed by atoms with Crippen molar-refractivity contribution in [3.05, 3.63) is 81.5 Å². The van der Waals surface area contributed by atoms with Gasteiger partial charge in [-0.15, -0.1) is 0 Å². The lowest BCUT2D eigenvalue weighted by Crippen LogP contribution is -2.27. The molecular formula is C19H17BrClN3O2. The minimum atomic E-state index is -0.132. The average molecular weight is 435 g/mol. The van der Waals surface area contributed by atoms with Gasteiger partial charge in [0.05, 0.1) is 17.8 Å². The molecule has 0 saturated carbocycles. The number of ether oxygens (including phenoxy) is 1. The molecule has 0 atom stereocenters. The molecule has 26 heavy (non-hydrogen) atoms. The number of aromatic nitrogens is 2. The standard InChI is InChI=1S/C19H17BrClN3O2/c20-16-5-2-6-18(10-16)26-13-14-3-1-4-15(9-14)19(25)22-7-8-24-12-17(21)11-23-24/h1-6,9-12H,7-8,13H2,(H,22,25). The van der Waals surface area contributed by atoms with Crippen LogP contribution in [0.2, 0.25) is 5.02 Å². The fourth-order valence-electron chi connectivity index (χ4n) is 2.37. The summed E-state index contributed by atoms with van der Waals surface area (Å²) in [4.78, 5) is 12.3. The molecule has 0 radical (unpaired) electrons. The van der Waals surface area contributed by atoms with Gasteiger partial charge in [0.2, 0.25) is 0 Å². The monoisotopic (exact) mass is 433 g/mol. The number of carbonyl (C=O) groups excluding carboxylic acids is 1. The van der Waals surface area contributed by atoms with E-state index >= 15 is 0 Å². The molecule has 0 spiro atoms. The minimum Gasteiger partial charge on any atom is -0.489 e. The smallest absolute Gasteiger partial charge is 0.251 e. The number of halogens is 2. The fraction of sp³-hybridized carbons (Fsp3) is 0.158. The van der Waals surface area contributed by atoms with E-state index in [1.807, 2.05) is 42.5 Å². The molecule has 1 aromatic heterocycles. The van der Waals surface area contributed by atoms with Crippen LogP contribution in [0.3, 0.4) is 0 Å². The van der Waals surface area contributed by atoms with Crippen LogP contribution in [0, 0.1) is 0 Å². The summed E-state index contributed by atoms with van der Waals surface area (Å²) in [5, 5.41) is 7.53. The normalized spacial score (nSPS) is 10.5. The van der Waals surface area contributed by atoms with Gasteiger partial charge < -0.3 is 10.1 Å². The summed E-state index contributed by atoms with van der Waals surface area (Å²) in [6.07, 6.45) is 3.28. The van der Waals surface area contributed by atoms with E-state index in [1.54, 1.807) is 23.1 Å². The third-order valence-electron chi connectivity index (χ3n) is 3.62. The minimum absolute atomic E-state index is 0.132. The van der Waals surface area contributed by atoms with Gasteiger partial charge in [-0.1, -0.05) is 45.7 Å². The van der Waals surface area contributed by atoms with Gasteiger partial charge in [-0.05, 0) is 35.9 Å². The van der Waals surface area contributed by atoms with E-state index in [0.717, 1.165) is 15.8 Å². The van der Waals surface area contributed by atoms with Crippen LogP contribution < -0.4 is 10.1 Å². The van der Waals surface area contributed by atoms with Crippen LogP contribution in [0.5, 0.6) is 5.75 Å². The van der Waals surface area contributed by atoms with Crippen molar-refractivity contribution in [2.24, 2.45) is 0 Å². The third kappa shape index (κ3) is 5.34. The van der Waals surface area contributed by atoms with Crippen molar-refractivity contribution >= 4 is 33.4 Å². The summed E-state index contributed by atoms with van der Waals surface area (Å²) < 4.78 is 8.41. The third-order valence-corrected chi connectivity index (χ3v) is 4.31. The summed E-state index contributed by atoms with van der Waals surface area (Å²) in [6.45, 7) is 1.42. The Kier molecular flexibility index (Phi) is 6.30. The topological polar surface area (TPSA) is 56.2 Å². The molecule has 0 unspecified atom stereocenters. The Bertz CT molecular complexity index is 898. The number of nitrogens with one attached hydrogen (secondary N) is 1. The molecule has 0 fully saturated rings. The molecule has 2 aromatic carbocycles. The molecule has 3 aromatic rings. The van der Waals surface area contributed by atoms with Gasteiger partial charge in [0.25, 0.3) is 5.91 Å². The molecule has 1 heterocycles. The van der Waals surface area contributed by atoms with Gasteiger partial charge in [-0.2, -0.15) is 5.10 Å². The zero-order valence-corrected chi connectivity index (χ0v) is 16.2. The van der Waals surface area contributed by atoms with Gasteiger partial charge in [-0.3, -0.25) is 9.48 Å². The first kappa shape index (κ1) is 18.5. The van der Waals surface area contributed by atoms with Gasteiger partial charge in [0.15, 0.2) is 0 Å². The molecule has 134 valence electrons. The van der Waals surface area contributed by atoms with Gasteiger partial charge in [0.1, 0.15) is 12.4 Å². The Hall–Kier alpha value is -2.31. The average Bonchev–Trinajstić information content (AvgIpc) is 3.05. The van der Waals surface area contributed by atoms with Gasteiger partial charge >= 0.3 is 0 Å². The summed E-state index contributed by atoms with van der Waals surface area (Å²) in [5.74, 6) is 0.639. The summed E-state index contributed by atoms with van der Waals surface area (Å²) in [5.41, 5.74) is 1.52. The number of nitrogens with zero attached hydrogens (tertiary/aromatic N) is 2. The van der Waals surface area contributed by atoms with E-state index in [2.05, 4.69) is 26.3 Å². The molecule has 0 bridgehead atoms. The zero-order valence-electron chi connectivity index (χ0n) is 13.9. The lowest BCUT2D eigenvalue weighted by molar-refractivity contribution is 0.0951. The van der Waals surface area contributed by atoms with Crippen molar-refractivity contribution in [1.29, 1.82) is 0 Å².